The van der Waals surface area contributed by atoms with Gasteiger partial charge in [-0.1, -0.05) is 53.4 Å². The summed E-state index contributed by atoms with van der Waals surface area (Å²) in [5.74, 6) is -0.0559. The zero-order valence-corrected chi connectivity index (χ0v) is 13.4. The number of carbonyl (C=O) groups excluding carboxylic acids is 1. The number of amides is 1. The first-order chi connectivity index (χ1) is 10.9. The highest BCUT2D eigenvalue weighted by molar-refractivity contribution is 8.01. The van der Waals surface area contributed by atoms with Gasteiger partial charge in [0.25, 0.3) is 0 Å². The molecule has 10 heteroatoms. The number of hydrogen-bond donors (Lipinski definition) is 2. The van der Waals surface area contributed by atoms with Gasteiger partial charge in [0.05, 0.1) is 5.75 Å². The molecule has 0 saturated heterocycles. The quantitative estimate of drug-likeness (QED) is 0.742. The van der Waals surface area contributed by atoms with E-state index in [1.54, 1.807) is 0 Å². The molecule has 0 radical (unpaired) electrons. The third-order valence-electron chi connectivity index (χ3n) is 2.51. The molecule has 0 bridgehead atoms. The maximum atomic E-state index is 12.1. The van der Waals surface area contributed by atoms with Crippen molar-refractivity contribution in [2.45, 2.75) is 17.1 Å². The number of rotatable bonds is 7. The molecule has 1 aromatic carbocycles. The molecule has 0 unspecified atom stereocenters. The molecule has 124 valence electrons. The first kappa shape index (κ1) is 17.5. The number of thioether (sulfide) groups is 1. The van der Waals surface area contributed by atoms with Gasteiger partial charge in [-0.2, -0.15) is 13.2 Å². The summed E-state index contributed by atoms with van der Waals surface area (Å²) in [6.45, 7) is -0.737. The monoisotopic (exact) mass is 362 g/mol. The second-order valence-electron chi connectivity index (χ2n) is 4.39. The van der Waals surface area contributed by atoms with Crippen LogP contribution in [-0.4, -0.2) is 34.6 Å². The lowest BCUT2D eigenvalue weighted by Gasteiger charge is -2.05. The zero-order chi connectivity index (χ0) is 16.7. The van der Waals surface area contributed by atoms with Crippen molar-refractivity contribution in [3.63, 3.8) is 0 Å². The van der Waals surface area contributed by atoms with Crippen molar-refractivity contribution >= 4 is 34.1 Å². The predicted octanol–water partition coefficient (Wildman–Crippen LogP) is 2.92. The van der Waals surface area contributed by atoms with Crippen LogP contribution in [-0.2, 0) is 11.3 Å². The number of halogens is 3. The fourth-order valence-electron chi connectivity index (χ4n) is 1.49. The number of benzene rings is 1. The molecular formula is C13H13F3N4OS2. The van der Waals surface area contributed by atoms with E-state index in [0.717, 1.165) is 28.7 Å². The van der Waals surface area contributed by atoms with Gasteiger partial charge in [-0.15, -0.1) is 10.2 Å². The van der Waals surface area contributed by atoms with Gasteiger partial charge in [-0.25, -0.2) is 0 Å². The Morgan fingerprint density at radius 3 is 2.65 bits per heavy atom. The number of aromatic nitrogens is 2. The Balaban J connectivity index is 1.71. The van der Waals surface area contributed by atoms with Gasteiger partial charge in [0, 0.05) is 6.54 Å². The minimum absolute atomic E-state index is 0.0783. The molecule has 0 spiro atoms. The van der Waals surface area contributed by atoms with Crippen molar-refractivity contribution in [1.29, 1.82) is 0 Å². The summed E-state index contributed by atoms with van der Waals surface area (Å²) in [6.07, 6.45) is -4.31. The van der Waals surface area contributed by atoms with Gasteiger partial charge >= 0.3 is 6.18 Å². The van der Waals surface area contributed by atoms with Crippen LogP contribution >= 0.6 is 23.1 Å². The Bertz CT molecular complexity index is 634. The molecule has 0 aliphatic carbocycles. The van der Waals surface area contributed by atoms with Crippen LogP contribution in [0.2, 0.25) is 0 Å². The Morgan fingerprint density at radius 1 is 1.22 bits per heavy atom. The summed E-state index contributed by atoms with van der Waals surface area (Å²) in [5.41, 5.74) is 0.986. The molecule has 0 atom stereocenters. The zero-order valence-electron chi connectivity index (χ0n) is 11.8. The van der Waals surface area contributed by atoms with Crippen LogP contribution in [0.4, 0.5) is 18.3 Å². The molecule has 0 fully saturated rings. The fraction of sp³-hybridized carbons (Fsp3) is 0.308. The third-order valence-corrected chi connectivity index (χ3v) is 4.52. The van der Waals surface area contributed by atoms with Gasteiger partial charge in [0.15, 0.2) is 4.34 Å². The van der Waals surface area contributed by atoms with Crippen molar-refractivity contribution in [1.82, 2.24) is 15.5 Å². The Labute approximate surface area is 138 Å². The normalized spacial score (nSPS) is 11.3. The van der Waals surface area contributed by atoms with Crippen molar-refractivity contribution in [2.24, 2.45) is 0 Å². The van der Waals surface area contributed by atoms with Crippen molar-refractivity contribution in [2.75, 3.05) is 17.6 Å². The maximum absolute atomic E-state index is 12.1. The van der Waals surface area contributed by atoms with Gasteiger partial charge in [-0.05, 0) is 5.56 Å². The van der Waals surface area contributed by atoms with Crippen LogP contribution in [0.25, 0.3) is 0 Å². The lowest BCUT2D eigenvalue weighted by atomic mass is 10.2. The molecule has 1 amide bonds. The summed E-state index contributed by atoms with van der Waals surface area (Å²) in [7, 11) is 0. The summed E-state index contributed by atoms with van der Waals surface area (Å²) in [5, 5.41) is 12.3. The maximum Gasteiger partial charge on any atom is 0.405 e. The van der Waals surface area contributed by atoms with E-state index < -0.39 is 12.7 Å². The van der Waals surface area contributed by atoms with E-state index in [1.165, 1.54) is 0 Å². The Morgan fingerprint density at radius 2 is 1.96 bits per heavy atom. The van der Waals surface area contributed by atoms with Gasteiger partial charge < -0.3 is 10.6 Å². The van der Waals surface area contributed by atoms with Crippen molar-refractivity contribution in [3.8, 4) is 0 Å². The van der Waals surface area contributed by atoms with E-state index in [-0.39, 0.29) is 16.8 Å². The van der Waals surface area contributed by atoms with E-state index in [2.05, 4.69) is 20.8 Å². The molecule has 0 saturated carbocycles. The number of alkyl halides is 3. The first-order valence-electron chi connectivity index (χ1n) is 6.50. The lowest BCUT2D eigenvalue weighted by Crippen LogP contribution is -2.24. The van der Waals surface area contributed by atoms with Gasteiger partial charge in [0.2, 0.25) is 11.0 Å². The van der Waals surface area contributed by atoms with E-state index in [0.29, 0.717) is 10.9 Å². The summed E-state index contributed by atoms with van der Waals surface area (Å²) >= 11 is 2.11. The van der Waals surface area contributed by atoms with Crippen LogP contribution in [0.5, 0.6) is 0 Å². The first-order valence-corrected chi connectivity index (χ1v) is 8.30. The number of nitrogens with zero attached hydrogens (tertiary/aromatic N) is 2. The molecule has 1 aromatic heterocycles. The van der Waals surface area contributed by atoms with Crippen molar-refractivity contribution < 1.29 is 18.0 Å². The molecule has 5 nitrogen and oxygen atoms in total. The average molecular weight is 362 g/mol. The lowest BCUT2D eigenvalue weighted by molar-refractivity contribution is -0.118. The fourth-order valence-corrected chi connectivity index (χ4v) is 3.07. The molecule has 0 aliphatic heterocycles. The van der Waals surface area contributed by atoms with Gasteiger partial charge in [-0.3, -0.25) is 4.79 Å². The Hall–Kier alpha value is -1.81. The minimum Gasteiger partial charge on any atom is -0.351 e. The largest absolute Gasteiger partial charge is 0.405 e. The standard InChI is InChI=1S/C13H13F3N4OS2/c14-13(15,16)8-18-11-19-20-12(23-11)22-7-10(21)17-6-9-4-2-1-3-5-9/h1-5H,6-8H2,(H,17,21)(H,18,19). The molecule has 2 aromatic rings. The second kappa shape index (κ2) is 8.16. The van der Waals surface area contributed by atoms with E-state index in [4.69, 9.17) is 0 Å². The number of hydrogen-bond acceptors (Lipinski definition) is 6. The van der Waals surface area contributed by atoms with Crippen LogP contribution in [0, 0.1) is 0 Å². The average Bonchev–Trinajstić information content (AvgIpc) is 2.97. The predicted molar refractivity (Wildman–Crippen MR) is 83.5 cm³/mol. The molecule has 1 heterocycles. The SMILES string of the molecule is O=C(CSc1nnc(NCC(F)(F)F)s1)NCc1ccccc1. The van der Waals surface area contributed by atoms with Crippen LogP contribution < -0.4 is 10.6 Å². The summed E-state index contributed by atoms with van der Waals surface area (Å²) in [6, 6.07) is 9.45. The van der Waals surface area contributed by atoms with E-state index >= 15 is 0 Å². The second-order valence-corrected chi connectivity index (χ2v) is 6.59. The minimum atomic E-state index is -4.31. The molecule has 2 rings (SSSR count). The van der Waals surface area contributed by atoms with Crippen LogP contribution in [0.3, 0.4) is 0 Å². The highest BCUT2D eigenvalue weighted by Crippen LogP contribution is 2.26. The number of nitrogens with one attached hydrogen (secondary N) is 2. The third kappa shape index (κ3) is 6.87. The summed E-state index contributed by atoms with van der Waals surface area (Å²) < 4.78 is 36.6. The van der Waals surface area contributed by atoms with Gasteiger partial charge in [0.1, 0.15) is 6.54 Å². The molecular weight excluding hydrogens is 349 g/mol. The van der Waals surface area contributed by atoms with E-state index in [9.17, 15) is 18.0 Å². The topological polar surface area (TPSA) is 66.9 Å². The molecule has 23 heavy (non-hydrogen) atoms. The smallest absolute Gasteiger partial charge is 0.351 e. The molecule has 2 N–H and O–H groups in total. The number of anilines is 1. The molecule has 0 aliphatic rings. The van der Waals surface area contributed by atoms with Crippen LogP contribution in [0.15, 0.2) is 34.7 Å². The Kier molecular flexibility index (Phi) is 6.22. The summed E-state index contributed by atoms with van der Waals surface area (Å²) in [4.78, 5) is 11.7. The highest BCUT2D eigenvalue weighted by atomic mass is 32.2. The van der Waals surface area contributed by atoms with Crippen molar-refractivity contribution in [3.05, 3.63) is 35.9 Å². The number of carbonyl (C=O) groups is 1. The highest BCUT2D eigenvalue weighted by Gasteiger charge is 2.27. The van der Waals surface area contributed by atoms with Crippen LogP contribution in [0.1, 0.15) is 5.56 Å². The van der Waals surface area contributed by atoms with E-state index in [1.807, 2.05) is 30.3 Å².